The van der Waals surface area contributed by atoms with Gasteiger partial charge >= 0.3 is 0 Å². The van der Waals surface area contributed by atoms with E-state index < -0.39 is 8.07 Å². The Kier molecular flexibility index (Phi) is 11.7. The highest BCUT2D eigenvalue weighted by molar-refractivity contribution is 6.81. The van der Waals surface area contributed by atoms with Gasteiger partial charge in [0.05, 0.1) is 13.7 Å². The maximum atomic E-state index is 6.10. The Hall–Kier alpha value is 0.177. The summed E-state index contributed by atoms with van der Waals surface area (Å²) in [6.07, 6.45) is 35.6. The van der Waals surface area contributed by atoms with Crippen molar-refractivity contribution in [2.24, 2.45) is 53.3 Å². The van der Waals surface area contributed by atoms with E-state index in [1.54, 1.807) is 102 Å². The van der Waals surface area contributed by atoms with Crippen LogP contribution < -0.4 is 0 Å². The highest BCUT2D eigenvalue weighted by Crippen LogP contribution is 2.67. The van der Waals surface area contributed by atoms with Crippen molar-refractivity contribution in [3.8, 4) is 0 Å². The Balaban J connectivity index is 1.19. The second kappa shape index (κ2) is 15.2. The minimum Gasteiger partial charge on any atom is -0.376 e. The van der Waals surface area contributed by atoms with Crippen LogP contribution in [-0.4, -0.2) is 20.3 Å². The molecule has 1 nitrogen and oxygen atoms in total. The van der Waals surface area contributed by atoms with Gasteiger partial charge < -0.3 is 4.74 Å². The second-order valence-corrected chi connectivity index (χ2v) is 24.1. The molecule has 0 spiro atoms. The van der Waals surface area contributed by atoms with Crippen LogP contribution in [0.15, 0.2) is 0 Å². The summed E-state index contributed by atoms with van der Waals surface area (Å²) in [5, 5.41) is 0. The second-order valence-electron chi connectivity index (χ2n) is 19.2. The molecule has 10 atom stereocenters. The van der Waals surface area contributed by atoms with Crippen molar-refractivity contribution < 1.29 is 4.74 Å². The van der Waals surface area contributed by atoms with Crippen LogP contribution >= 0.6 is 0 Å². The molecule has 10 unspecified atom stereocenters. The Morgan fingerprint density at radius 2 is 1.11 bits per heavy atom. The molecule has 0 aromatic carbocycles. The molecule has 0 heterocycles. The third-order valence-corrected chi connectivity index (χ3v) is 22.0. The van der Waals surface area contributed by atoms with Crippen LogP contribution in [0.4, 0.5) is 0 Å². The average Bonchev–Trinajstić information content (AvgIpc) is 3.62. The molecule has 0 N–H and O–H groups in total. The van der Waals surface area contributed by atoms with Gasteiger partial charge in [-0.05, 0) is 117 Å². The van der Waals surface area contributed by atoms with E-state index in [1.165, 1.54) is 51.4 Å². The van der Waals surface area contributed by atoms with E-state index in [9.17, 15) is 0 Å². The van der Waals surface area contributed by atoms with E-state index in [0.29, 0.717) is 0 Å². The van der Waals surface area contributed by atoms with Crippen LogP contribution in [0.25, 0.3) is 0 Å². The zero-order valence-corrected chi connectivity index (χ0v) is 31.4. The van der Waals surface area contributed by atoms with Gasteiger partial charge in [-0.2, -0.15) is 0 Å². The fourth-order valence-electron chi connectivity index (χ4n) is 14.2. The summed E-state index contributed by atoms with van der Waals surface area (Å²) in [7, 11) is -1.45. The Labute approximate surface area is 276 Å². The first-order chi connectivity index (χ1) is 21.3. The standard InChI is InChI=1S/C42H76OSi/c1-31-30-39-35(33-20-12-9-13-21-33)23-17-25-38(39)41(31)44(5,29-15-7-6-14-28-43-42(2,3)4)40-27-26-36-34(22-16-24-37(36)40)32-18-10-8-11-19-32/h31-41H,6-30H2,1-5H3. The molecule has 44 heavy (non-hydrogen) atoms. The van der Waals surface area contributed by atoms with Crippen LogP contribution in [0.2, 0.25) is 23.7 Å². The zero-order valence-electron chi connectivity index (χ0n) is 30.4. The van der Waals surface area contributed by atoms with E-state index >= 15 is 0 Å². The van der Waals surface area contributed by atoms with E-state index in [1.807, 2.05) is 0 Å². The molecule has 2 heteroatoms. The van der Waals surface area contributed by atoms with Gasteiger partial charge in [0.15, 0.2) is 0 Å². The third kappa shape index (κ3) is 7.57. The number of hydrogen-bond acceptors (Lipinski definition) is 1. The first-order valence-electron chi connectivity index (χ1n) is 20.9. The predicted octanol–water partition coefficient (Wildman–Crippen LogP) is 13.2. The quantitative estimate of drug-likeness (QED) is 0.164. The Morgan fingerprint density at radius 3 is 1.75 bits per heavy atom. The smallest absolute Gasteiger partial charge is 0.0598 e. The number of unbranched alkanes of at least 4 members (excludes halogenated alkanes) is 3. The molecule has 6 fully saturated rings. The lowest BCUT2D eigenvalue weighted by molar-refractivity contribution is -0.00471. The van der Waals surface area contributed by atoms with Crippen molar-refractivity contribution in [3.63, 3.8) is 0 Å². The van der Waals surface area contributed by atoms with Gasteiger partial charge in [-0.3, -0.25) is 0 Å². The summed E-state index contributed by atoms with van der Waals surface area (Å²) in [5.74, 6) is 9.88. The zero-order chi connectivity index (χ0) is 30.7. The molecule has 0 aliphatic heterocycles. The van der Waals surface area contributed by atoms with Gasteiger partial charge in [-0.1, -0.05) is 135 Å². The van der Waals surface area contributed by atoms with E-state index in [0.717, 1.165) is 71.0 Å². The fourth-order valence-corrected chi connectivity index (χ4v) is 21.4. The van der Waals surface area contributed by atoms with Gasteiger partial charge in [0.1, 0.15) is 0 Å². The van der Waals surface area contributed by atoms with Crippen molar-refractivity contribution in [1.29, 1.82) is 0 Å². The van der Waals surface area contributed by atoms with Gasteiger partial charge in [0, 0.05) is 6.61 Å². The summed E-state index contributed by atoms with van der Waals surface area (Å²) in [5.41, 5.74) is 2.32. The predicted molar refractivity (Wildman–Crippen MR) is 193 cm³/mol. The number of ether oxygens (including phenoxy) is 1. The third-order valence-electron chi connectivity index (χ3n) is 15.7. The van der Waals surface area contributed by atoms with Gasteiger partial charge in [0.2, 0.25) is 0 Å². The monoisotopic (exact) mass is 625 g/mol. The number of fused-ring (bicyclic) bond motifs is 2. The average molecular weight is 625 g/mol. The van der Waals surface area contributed by atoms with Crippen molar-refractivity contribution in [3.05, 3.63) is 0 Å². The minimum atomic E-state index is -1.45. The van der Waals surface area contributed by atoms with Crippen LogP contribution in [-0.2, 0) is 4.74 Å². The van der Waals surface area contributed by atoms with Gasteiger partial charge in [-0.25, -0.2) is 0 Å². The molecule has 6 aliphatic carbocycles. The maximum Gasteiger partial charge on any atom is 0.0598 e. The van der Waals surface area contributed by atoms with Crippen molar-refractivity contribution in [1.82, 2.24) is 0 Å². The lowest BCUT2D eigenvalue weighted by Gasteiger charge is -2.51. The van der Waals surface area contributed by atoms with E-state index in [2.05, 4.69) is 34.2 Å². The molecule has 0 bridgehead atoms. The Bertz CT molecular complexity index is 865. The molecule has 6 aliphatic rings. The first kappa shape index (κ1) is 34.1. The van der Waals surface area contributed by atoms with Crippen molar-refractivity contribution >= 4 is 8.07 Å². The molecule has 0 amide bonds. The highest BCUT2D eigenvalue weighted by atomic mass is 28.3. The van der Waals surface area contributed by atoms with Crippen LogP contribution in [0, 0.1) is 53.3 Å². The van der Waals surface area contributed by atoms with E-state index in [4.69, 9.17) is 4.74 Å². The maximum absolute atomic E-state index is 6.10. The molecule has 0 aromatic rings. The summed E-state index contributed by atoms with van der Waals surface area (Å²) in [6, 6.07) is 1.67. The van der Waals surface area contributed by atoms with Gasteiger partial charge in [0.25, 0.3) is 0 Å². The van der Waals surface area contributed by atoms with Gasteiger partial charge in [-0.15, -0.1) is 0 Å². The summed E-state index contributed by atoms with van der Waals surface area (Å²) < 4.78 is 6.10. The largest absolute Gasteiger partial charge is 0.376 e. The topological polar surface area (TPSA) is 9.23 Å². The summed E-state index contributed by atoms with van der Waals surface area (Å²) >= 11 is 0. The number of rotatable bonds is 11. The van der Waals surface area contributed by atoms with Crippen LogP contribution in [0.5, 0.6) is 0 Å². The SMILES string of the molecule is CC1CC2C(C3CCCCC3)CCCC2C1[Si](C)(CCCCCCOC(C)(C)C)C1CCC2C(C3CCCCC3)CCCC21. The highest BCUT2D eigenvalue weighted by Gasteiger charge is 2.59. The van der Waals surface area contributed by atoms with E-state index in [-0.39, 0.29) is 5.60 Å². The molecule has 0 aromatic heterocycles. The molecule has 6 saturated carbocycles. The molecular formula is C42H76OSi. The van der Waals surface area contributed by atoms with Crippen LogP contribution in [0.3, 0.4) is 0 Å². The fraction of sp³-hybridized carbons (Fsp3) is 1.00. The molecule has 6 rings (SSSR count). The van der Waals surface area contributed by atoms with Crippen LogP contribution in [0.1, 0.15) is 175 Å². The number of hydrogen-bond donors (Lipinski definition) is 0. The first-order valence-corrected chi connectivity index (χ1v) is 23.8. The normalized spacial score (nSPS) is 40.4. The molecule has 254 valence electrons. The molecular weight excluding hydrogens is 549 g/mol. The molecule has 0 saturated heterocycles. The Morgan fingerprint density at radius 1 is 0.545 bits per heavy atom. The molecule has 0 radical (unpaired) electrons. The minimum absolute atomic E-state index is 0.0185. The lowest BCUT2D eigenvalue weighted by Crippen LogP contribution is -2.48. The summed E-state index contributed by atoms with van der Waals surface area (Å²) in [6.45, 7) is 13.5. The van der Waals surface area contributed by atoms with Crippen molar-refractivity contribution in [2.45, 2.75) is 205 Å². The summed E-state index contributed by atoms with van der Waals surface area (Å²) in [4.78, 5) is 0. The lowest BCUT2D eigenvalue weighted by atomic mass is 9.65. The van der Waals surface area contributed by atoms with Crippen molar-refractivity contribution in [2.75, 3.05) is 6.61 Å².